The van der Waals surface area contributed by atoms with E-state index in [0.717, 1.165) is 19.1 Å². The van der Waals surface area contributed by atoms with Crippen molar-refractivity contribution in [2.24, 2.45) is 0 Å². The number of hydrogen-bond donors (Lipinski definition) is 2. The number of halogens is 5. The predicted octanol–water partition coefficient (Wildman–Crippen LogP) is 5.68. The molecule has 0 fully saturated rings. The van der Waals surface area contributed by atoms with E-state index < -0.39 is 50.3 Å². The summed E-state index contributed by atoms with van der Waals surface area (Å²) in [5, 5.41) is 8.67. The van der Waals surface area contributed by atoms with Gasteiger partial charge in [0.1, 0.15) is 5.56 Å². The van der Waals surface area contributed by atoms with Crippen LogP contribution in [0, 0.1) is 17.5 Å². The van der Waals surface area contributed by atoms with Gasteiger partial charge < -0.3 is 14.8 Å². The molecule has 0 spiro atoms. The molecule has 1 amide bonds. The largest absolute Gasteiger partial charge is 0.494 e. The van der Waals surface area contributed by atoms with Crippen molar-refractivity contribution in [3.8, 4) is 17.4 Å². The average molecular weight is 533 g/mol. The van der Waals surface area contributed by atoms with E-state index in [2.05, 4.69) is 15.5 Å². The summed E-state index contributed by atoms with van der Waals surface area (Å²) in [6.45, 7) is 1.01. The summed E-state index contributed by atoms with van der Waals surface area (Å²) in [5.41, 5.74) is -2.58. The van der Waals surface area contributed by atoms with Gasteiger partial charge in [-0.15, -0.1) is 10.2 Å². The van der Waals surface area contributed by atoms with E-state index in [9.17, 15) is 26.6 Å². The molecule has 0 saturated carbocycles. The molecule has 0 aliphatic heterocycles. The molecule has 8 nitrogen and oxygen atoms in total. The second-order valence-electron chi connectivity index (χ2n) is 7.20. The molecule has 1 heterocycles. The highest BCUT2D eigenvalue weighted by atomic mass is 35.5. The minimum Gasteiger partial charge on any atom is -0.494 e. The number of aromatic nitrogens is 2. The highest BCUT2D eigenvalue weighted by molar-refractivity contribution is 7.91. The first-order chi connectivity index (χ1) is 16.2. The van der Waals surface area contributed by atoms with Gasteiger partial charge in [0, 0.05) is 29.0 Å². The summed E-state index contributed by atoms with van der Waals surface area (Å²) in [5.74, 6) is -3.05. The van der Waals surface area contributed by atoms with Crippen LogP contribution in [0.15, 0.2) is 41.3 Å². The highest BCUT2D eigenvalue weighted by Gasteiger charge is 2.38. The van der Waals surface area contributed by atoms with Crippen LogP contribution in [-0.4, -0.2) is 33.7 Å². The summed E-state index contributed by atoms with van der Waals surface area (Å²) < 4.78 is 84.3. The smallest absolute Gasteiger partial charge is 0.435 e. The summed E-state index contributed by atoms with van der Waals surface area (Å²) >= 11 is 5.98. The number of alkyl halides is 3. The van der Waals surface area contributed by atoms with Gasteiger partial charge in [-0.25, -0.2) is 13.4 Å². The molecule has 3 rings (SSSR count). The summed E-state index contributed by atoms with van der Waals surface area (Å²) in [4.78, 5) is 13.2. The highest BCUT2D eigenvalue weighted by Crippen LogP contribution is 2.38. The van der Waals surface area contributed by atoms with Crippen molar-refractivity contribution in [3.05, 3.63) is 64.1 Å². The maximum atomic E-state index is 13.9. The SMILES string of the molecule is COc1cc(Oc2nnc(C(F)(F)F)c(C)c2C(=O)Nc2cccc(S(C)(=N)=O)c2)c(Cl)cc1F. The first-order valence-electron chi connectivity index (χ1n) is 9.53. The number of rotatable bonds is 6. The van der Waals surface area contributed by atoms with Crippen LogP contribution in [0.5, 0.6) is 17.4 Å². The van der Waals surface area contributed by atoms with Crippen LogP contribution in [0.3, 0.4) is 0 Å². The molecule has 14 heteroatoms. The Morgan fingerprint density at radius 1 is 1.17 bits per heavy atom. The van der Waals surface area contributed by atoms with Gasteiger partial charge >= 0.3 is 6.18 Å². The van der Waals surface area contributed by atoms with E-state index in [1.807, 2.05) is 0 Å². The molecule has 0 bridgehead atoms. The Kier molecular flexibility index (Phi) is 7.22. The van der Waals surface area contributed by atoms with Crippen LogP contribution in [0.2, 0.25) is 5.02 Å². The van der Waals surface area contributed by atoms with Gasteiger partial charge in [-0.1, -0.05) is 17.7 Å². The van der Waals surface area contributed by atoms with Crippen molar-refractivity contribution in [1.29, 1.82) is 4.78 Å². The molecule has 35 heavy (non-hydrogen) atoms. The lowest BCUT2D eigenvalue weighted by Crippen LogP contribution is -2.21. The van der Waals surface area contributed by atoms with Gasteiger partial charge in [-0.05, 0) is 30.7 Å². The fourth-order valence-corrected chi connectivity index (χ4v) is 3.85. The molecular formula is C21H17ClF4N4O4S. The molecule has 1 aromatic heterocycles. The maximum Gasteiger partial charge on any atom is 0.435 e. The van der Waals surface area contributed by atoms with Crippen LogP contribution in [0.25, 0.3) is 0 Å². The Hall–Kier alpha value is -3.45. The Balaban J connectivity index is 2.11. The number of carbonyl (C=O) groups excluding carboxylic acids is 1. The number of ether oxygens (including phenoxy) is 2. The van der Waals surface area contributed by atoms with Gasteiger partial charge in [0.25, 0.3) is 11.8 Å². The fraction of sp³-hybridized carbons (Fsp3) is 0.190. The van der Waals surface area contributed by atoms with E-state index in [1.165, 1.54) is 37.6 Å². The molecule has 2 aromatic carbocycles. The van der Waals surface area contributed by atoms with Crippen LogP contribution in [-0.2, 0) is 15.9 Å². The monoisotopic (exact) mass is 532 g/mol. The molecule has 0 aliphatic rings. The molecule has 186 valence electrons. The molecule has 3 aromatic rings. The van der Waals surface area contributed by atoms with Gasteiger partial charge in [0.2, 0.25) is 0 Å². The Labute approximate surface area is 202 Å². The van der Waals surface area contributed by atoms with Crippen molar-refractivity contribution in [1.82, 2.24) is 10.2 Å². The van der Waals surface area contributed by atoms with E-state index in [-0.39, 0.29) is 27.1 Å². The van der Waals surface area contributed by atoms with Crippen molar-refractivity contribution >= 4 is 32.9 Å². The summed E-state index contributed by atoms with van der Waals surface area (Å²) in [7, 11) is -1.95. The maximum absolute atomic E-state index is 13.9. The van der Waals surface area contributed by atoms with Crippen LogP contribution < -0.4 is 14.8 Å². The second-order valence-corrected chi connectivity index (χ2v) is 9.76. The minimum atomic E-state index is -4.93. The van der Waals surface area contributed by atoms with Gasteiger partial charge in [-0.3, -0.25) is 4.79 Å². The third-order valence-electron chi connectivity index (χ3n) is 4.64. The number of methoxy groups -OCH3 is 1. The number of nitrogens with one attached hydrogen (secondary N) is 2. The van der Waals surface area contributed by atoms with Crippen LogP contribution in [0.1, 0.15) is 21.6 Å². The lowest BCUT2D eigenvalue weighted by atomic mass is 10.1. The van der Waals surface area contributed by atoms with Gasteiger partial charge in [0.15, 0.2) is 23.0 Å². The van der Waals surface area contributed by atoms with Crippen molar-refractivity contribution in [2.45, 2.75) is 18.0 Å². The van der Waals surface area contributed by atoms with Crippen molar-refractivity contribution < 1.29 is 36.0 Å². The molecule has 0 radical (unpaired) electrons. The van der Waals surface area contributed by atoms with Crippen LogP contribution >= 0.6 is 11.6 Å². The topological polar surface area (TPSA) is 114 Å². The zero-order valence-electron chi connectivity index (χ0n) is 18.3. The van der Waals surface area contributed by atoms with E-state index in [1.54, 1.807) is 0 Å². The van der Waals surface area contributed by atoms with Gasteiger partial charge in [0.05, 0.1) is 21.9 Å². The van der Waals surface area contributed by atoms with E-state index in [0.29, 0.717) is 0 Å². The predicted molar refractivity (Wildman–Crippen MR) is 119 cm³/mol. The number of anilines is 1. The summed E-state index contributed by atoms with van der Waals surface area (Å²) in [6, 6.07) is 7.36. The summed E-state index contributed by atoms with van der Waals surface area (Å²) in [6.07, 6.45) is -3.76. The quantitative estimate of drug-likeness (QED) is 0.394. The lowest BCUT2D eigenvalue weighted by Gasteiger charge is -2.17. The number of hydrogen-bond acceptors (Lipinski definition) is 7. The number of benzene rings is 2. The normalized spacial score (nSPS) is 13.1. The van der Waals surface area contributed by atoms with Crippen molar-refractivity contribution in [3.63, 3.8) is 0 Å². The fourth-order valence-electron chi connectivity index (χ4n) is 2.97. The first kappa shape index (κ1) is 26.2. The number of carbonyl (C=O) groups is 1. The minimum absolute atomic E-state index is 0.0616. The zero-order chi connectivity index (χ0) is 26.1. The first-order valence-corrected chi connectivity index (χ1v) is 11.9. The van der Waals surface area contributed by atoms with Crippen molar-refractivity contribution in [2.75, 3.05) is 18.7 Å². The Morgan fingerprint density at radius 3 is 2.46 bits per heavy atom. The average Bonchev–Trinajstić information content (AvgIpc) is 2.74. The van der Waals surface area contributed by atoms with E-state index in [4.69, 9.17) is 25.9 Å². The molecule has 1 atom stereocenters. The molecule has 0 aliphatic carbocycles. The third-order valence-corrected chi connectivity index (χ3v) is 6.08. The standard InChI is InChI=1S/C21H17ClF4N4O4S/c1-10-17(19(31)28-11-5-4-6-12(7-11)35(3,27)32)20(30-29-18(10)21(24,25)26)34-15-9-16(33-2)14(23)8-13(15)22/h4-9,27H,1-3H3,(H,28,31). The number of nitrogens with zero attached hydrogens (tertiary/aromatic N) is 2. The zero-order valence-corrected chi connectivity index (χ0v) is 19.9. The molecular weight excluding hydrogens is 516 g/mol. The van der Waals surface area contributed by atoms with Crippen LogP contribution in [0.4, 0.5) is 23.2 Å². The Morgan fingerprint density at radius 2 is 1.86 bits per heavy atom. The van der Waals surface area contributed by atoms with E-state index >= 15 is 0 Å². The second kappa shape index (κ2) is 9.66. The molecule has 0 saturated heterocycles. The Bertz CT molecular complexity index is 1420. The van der Waals surface area contributed by atoms with Gasteiger partial charge in [-0.2, -0.15) is 13.2 Å². The third kappa shape index (κ3) is 5.80. The molecule has 1 unspecified atom stereocenters. The number of amides is 1. The molecule has 2 N–H and O–H groups in total. The lowest BCUT2D eigenvalue weighted by molar-refractivity contribution is -0.142.